The summed E-state index contributed by atoms with van der Waals surface area (Å²) in [5.74, 6) is -2.11. The van der Waals surface area contributed by atoms with Crippen LogP contribution in [-0.2, 0) is 16.1 Å². The fourth-order valence-corrected chi connectivity index (χ4v) is 4.09. The molecular weight excluding hydrogens is 526 g/mol. The number of benzene rings is 3. The van der Waals surface area contributed by atoms with Crippen LogP contribution in [0.4, 0.5) is 11.4 Å². The quantitative estimate of drug-likeness (QED) is 0.340. The van der Waals surface area contributed by atoms with E-state index in [0.29, 0.717) is 22.6 Å². The first-order valence-electron chi connectivity index (χ1n) is 11.6. The number of aryl methyl sites for hydroxylation is 1. The Morgan fingerprint density at radius 2 is 1.62 bits per heavy atom. The summed E-state index contributed by atoms with van der Waals surface area (Å²) in [6.07, 6.45) is 0. The Balaban J connectivity index is 1.52. The van der Waals surface area contributed by atoms with Crippen LogP contribution in [0.3, 0.4) is 0 Å². The zero-order chi connectivity index (χ0) is 28.3. The van der Waals surface area contributed by atoms with E-state index in [-0.39, 0.29) is 40.2 Å². The minimum atomic E-state index is -1.03. The number of amides is 3. The number of aromatic carboxylic acids is 1. The number of ether oxygens (including phenoxy) is 2. The Labute approximate surface area is 228 Å². The van der Waals surface area contributed by atoms with Crippen molar-refractivity contribution in [3.05, 3.63) is 93.6 Å². The number of anilines is 2. The maximum Gasteiger partial charge on any atom is 0.335 e. The molecule has 0 unspecified atom stereocenters. The van der Waals surface area contributed by atoms with Gasteiger partial charge in [-0.05, 0) is 54.4 Å². The van der Waals surface area contributed by atoms with Crippen molar-refractivity contribution in [2.75, 3.05) is 24.4 Å². The van der Waals surface area contributed by atoms with E-state index in [0.717, 1.165) is 10.5 Å². The van der Waals surface area contributed by atoms with Crippen LogP contribution in [0, 0.1) is 6.92 Å². The molecule has 0 atom stereocenters. The van der Waals surface area contributed by atoms with Crippen molar-refractivity contribution in [3.63, 3.8) is 0 Å². The molecule has 0 spiro atoms. The molecule has 1 aliphatic heterocycles. The molecule has 11 heteroatoms. The second-order valence-electron chi connectivity index (χ2n) is 8.51. The lowest BCUT2D eigenvalue weighted by atomic mass is 10.1. The summed E-state index contributed by atoms with van der Waals surface area (Å²) in [6.45, 7) is 1.95. The standard InChI is InChI=1S/C28H24ClN3O7/c1-15-4-7-18(25(33)30-14-16-5-8-17(9-6-16)28(36)37)12-20(15)31-24-23(29)26(34)32(27(24)35)21-11-10-19(38-2)13-22(21)39-3/h4-13,31H,14H2,1-3H3,(H,30,33)(H,36,37). The van der Waals surface area contributed by atoms with E-state index in [1.54, 1.807) is 49.4 Å². The third-order valence-electron chi connectivity index (χ3n) is 6.07. The molecular formula is C28H24ClN3O7. The van der Waals surface area contributed by atoms with Crippen LogP contribution < -0.4 is 25.0 Å². The second-order valence-corrected chi connectivity index (χ2v) is 8.89. The summed E-state index contributed by atoms with van der Waals surface area (Å²) in [6, 6.07) is 15.7. The Kier molecular flexibility index (Phi) is 7.87. The van der Waals surface area contributed by atoms with Gasteiger partial charge in [0.15, 0.2) is 0 Å². The van der Waals surface area contributed by atoms with Crippen molar-refractivity contribution in [3.8, 4) is 11.5 Å². The first kappa shape index (κ1) is 27.2. The van der Waals surface area contributed by atoms with Gasteiger partial charge in [0.25, 0.3) is 17.7 Å². The fraction of sp³-hybridized carbons (Fsp3) is 0.143. The highest BCUT2D eigenvalue weighted by atomic mass is 35.5. The third kappa shape index (κ3) is 5.55. The van der Waals surface area contributed by atoms with Gasteiger partial charge in [-0.3, -0.25) is 14.4 Å². The molecule has 3 N–H and O–H groups in total. The molecule has 0 saturated heterocycles. The maximum absolute atomic E-state index is 13.3. The average Bonchev–Trinajstić information content (AvgIpc) is 3.15. The van der Waals surface area contributed by atoms with E-state index in [2.05, 4.69) is 10.6 Å². The molecule has 10 nitrogen and oxygen atoms in total. The third-order valence-corrected chi connectivity index (χ3v) is 6.42. The Morgan fingerprint density at radius 1 is 0.923 bits per heavy atom. The van der Waals surface area contributed by atoms with Crippen molar-refractivity contribution in [1.82, 2.24) is 5.32 Å². The Bertz CT molecular complexity index is 1520. The van der Waals surface area contributed by atoms with Crippen molar-refractivity contribution in [2.24, 2.45) is 0 Å². The fourth-order valence-electron chi connectivity index (χ4n) is 3.88. The summed E-state index contributed by atoms with van der Waals surface area (Å²) in [5, 5.41) is 14.4. The van der Waals surface area contributed by atoms with Gasteiger partial charge >= 0.3 is 5.97 Å². The molecule has 1 aliphatic rings. The SMILES string of the molecule is COc1ccc(N2C(=O)C(Cl)=C(Nc3cc(C(=O)NCc4ccc(C(=O)O)cc4)ccc3C)C2=O)c(OC)c1. The molecule has 39 heavy (non-hydrogen) atoms. The molecule has 3 aromatic carbocycles. The van der Waals surface area contributed by atoms with E-state index in [1.165, 1.54) is 32.4 Å². The molecule has 0 radical (unpaired) electrons. The number of nitrogens with one attached hydrogen (secondary N) is 2. The topological polar surface area (TPSA) is 134 Å². The summed E-state index contributed by atoms with van der Waals surface area (Å²) < 4.78 is 10.5. The Hall–Kier alpha value is -4.83. The van der Waals surface area contributed by atoms with Crippen molar-refractivity contribution < 1.29 is 33.8 Å². The number of carbonyl (C=O) groups excluding carboxylic acids is 3. The Morgan fingerprint density at radius 3 is 2.26 bits per heavy atom. The van der Waals surface area contributed by atoms with Gasteiger partial charge in [-0.2, -0.15) is 0 Å². The molecule has 0 fully saturated rings. The number of rotatable bonds is 9. The number of imide groups is 1. The van der Waals surface area contributed by atoms with Crippen LogP contribution in [0.2, 0.25) is 0 Å². The van der Waals surface area contributed by atoms with Gasteiger partial charge in [0.05, 0.1) is 25.5 Å². The molecule has 1 heterocycles. The monoisotopic (exact) mass is 549 g/mol. The van der Waals surface area contributed by atoms with Gasteiger partial charge < -0.3 is 25.2 Å². The van der Waals surface area contributed by atoms with Gasteiger partial charge in [0, 0.05) is 23.9 Å². The van der Waals surface area contributed by atoms with Crippen molar-refractivity contribution in [1.29, 1.82) is 0 Å². The number of nitrogens with zero attached hydrogens (tertiary/aromatic N) is 1. The molecule has 0 bridgehead atoms. The number of carboxylic acid groups (broad SMARTS) is 1. The van der Waals surface area contributed by atoms with E-state index in [1.807, 2.05) is 0 Å². The van der Waals surface area contributed by atoms with Crippen LogP contribution in [-0.4, -0.2) is 43.0 Å². The van der Waals surface area contributed by atoms with E-state index in [9.17, 15) is 19.2 Å². The summed E-state index contributed by atoms with van der Waals surface area (Å²) in [4.78, 5) is 51.0. The zero-order valence-electron chi connectivity index (χ0n) is 21.2. The summed E-state index contributed by atoms with van der Waals surface area (Å²) in [7, 11) is 2.89. The molecule has 200 valence electrons. The van der Waals surface area contributed by atoms with Crippen LogP contribution in [0.15, 0.2) is 71.4 Å². The average molecular weight is 550 g/mol. The van der Waals surface area contributed by atoms with Crippen LogP contribution >= 0.6 is 11.6 Å². The zero-order valence-corrected chi connectivity index (χ0v) is 22.0. The predicted molar refractivity (Wildman–Crippen MR) is 144 cm³/mol. The summed E-state index contributed by atoms with van der Waals surface area (Å²) in [5.41, 5.74) is 2.34. The van der Waals surface area contributed by atoms with Gasteiger partial charge in [-0.15, -0.1) is 0 Å². The van der Waals surface area contributed by atoms with Crippen molar-refractivity contribution in [2.45, 2.75) is 13.5 Å². The largest absolute Gasteiger partial charge is 0.497 e. The van der Waals surface area contributed by atoms with Crippen LogP contribution in [0.25, 0.3) is 0 Å². The van der Waals surface area contributed by atoms with Crippen LogP contribution in [0.1, 0.15) is 31.8 Å². The molecule has 0 aromatic heterocycles. The number of carboxylic acids is 1. The van der Waals surface area contributed by atoms with E-state index in [4.69, 9.17) is 26.2 Å². The van der Waals surface area contributed by atoms with Crippen LogP contribution in [0.5, 0.6) is 11.5 Å². The van der Waals surface area contributed by atoms with Crippen molar-refractivity contribution >= 4 is 46.7 Å². The molecule has 3 aromatic rings. The smallest absolute Gasteiger partial charge is 0.335 e. The number of hydrogen-bond acceptors (Lipinski definition) is 7. The van der Waals surface area contributed by atoms with E-state index < -0.39 is 17.8 Å². The highest BCUT2D eigenvalue weighted by molar-refractivity contribution is 6.53. The first-order chi connectivity index (χ1) is 18.6. The summed E-state index contributed by atoms with van der Waals surface area (Å²) >= 11 is 6.30. The van der Waals surface area contributed by atoms with E-state index >= 15 is 0 Å². The number of carbonyl (C=O) groups is 4. The number of halogens is 1. The molecule has 0 aliphatic carbocycles. The maximum atomic E-state index is 13.3. The highest BCUT2D eigenvalue weighted by Gasteiger charge is 2.40. The minimum Gasteiger partial charge on any atom is -0.497 e. The van der Waals surface area contributed by atoms with Gasteiger partial charge in [-0.25, -0.2) is 9.69 Å². The van der Waals surface area contributed by atoms with Gasteiger partial charge in [0.1, 0.15) is 22.2 Å². The lowest BCUT2D eigenvalue weighted by Gasteiger charge is -2.19. The van der Waals surface area contributed by atoms with Gasteiger partial charge in [0.2, 0.25) is 0 Å². The lowest BCUT2D eigenvalue weighted by molar-refractivity contribution is -0.120. The predicted octanol–water partition coefficient (Wildman–Crippen LogP) is 4.08. The normalized spacial score (nSPS) is 13.0. The van der Waals surface area contributed by atoms with Gasteiger partial charge in [-0.1, -0.05) is 29.8 Å². The molecule has 3 amide bonds. The molecule has 4 rings (SSSR count). The molecule has 0 saturated carbocycles. The number of methoxy groups -OCH3 is 2. The highest BCUT2D eigenvalue weighted by Crippen LogP contribution is 2.38. The second kappa shape index (κ2) is 11.3. The minimum absolute atomic E-state index is 0.140. The number of hydrogen-bond donors (Lipinski definition) is 3. The lowest BCUT2D eigenvalue weighted by Crippen LogP contribution is -2.32. The first-order valence-corrected chi connectivity index (χ1v) is 12.0.